The molecular weight excluding hydrogens is 344 g/mol. The molecule has 1 aliphatic rings. The largest absolute Gasteiger partial charge is 0.365 e. The van der Waals surface area contributed by atoms with E-state index in [1.165, 1.54) is 43.4 Å². The highest BCUT2D eigenvalue weighted by Gasteiger charge is 2.27. The first-order chi connectivity index (χ1) is 12.5. The second-order valence-electron chi connectivity index (χ2n) is 7.69. The summed E-state index contributed by atoms with van der Waals surface area (Å²) in [5.74, 6) is 0.215. The van der Waals surface area contributed by atoms with Gasteiger partial charge < -0.3 is 11.1 Å². The SMILES string of the molecule is CCCCCCCCCCC(=O)Nc1sc2c(c1C(N)=O)CC[C@H](C)C2. The fourth-order valence-corrected chi connectivity index (χ4v) is 5.14. The number of nitrogens with one attached hydrogen (secondary N) is 1. The van der Waals surface area contributed by atoms with Crippen LogP contribution in [-0.4, -0.2) is 11.8 Å². The lowest BCUT2D eigenvalue weighted by atomic mass is 9.88. The van der Waals surface area contributed by atoms with Gasteiger partial charge in [-0.3, -0.25) is 9.59 Å². The van der Waals surface area contributed by atoms with Gasteiger partial charge in [0.1, 0.15) is 5.00 Å². The number of unbranched alkanes of at least 4 members (excludes halogenated alkanes) is 7. The van der Waals surface area contributed by atoms with E-state index in [1.54, 1.807) is 11.3 Å². The van der Waals surface area contributed by atoms with Gasteiger partial charge >= 0.3 is 0 Å². The number of amides is 2. The third-order valence-electron chi connectivity index (χ3n) is 5.27. The van der Waals surface area contributed by atoms with Gasteiger partial charge in [-0.25, -0.2) is 0 Å². The van der Waals surface area contributed by atoms with E-state index < -0.39 is 5.91 Å². The van der Waals surface area contributed by atoms with E-state index in [1.807, 2.05) is 0 Å². The van der Waals surface area contributed by atoms with Crippen molar-refractivity contribution in [1.82, 2.24) is 0 Å². The van der Waals surface area contributed by atoms with Gasteiger partial charge in [0.2, 0.25) is 5.91 Å². The molecule has 1 aromatic rings. The summed E-state index contributed by atoms with van der Waals surface area (Å²) in [5.41, 5.74) is 7.23. The van der Waals surface area contributed by atoms with Crippen LogP contribution >= 0.6 is 11.3 Å². The highest BCUT2D eigenvalue weighted by atomic mass is 32.1. The molecular formula is C21H34N2O2S. The van der Waals surface area contributed by atoms with Gasteiger partial charge in [-0.05, 0) is 37.2 Å². The Morgan fingerprint density at radius 3 is 2.42 bits per heavy atom. The zero-order valence-corrected chi connectivity index (χ0v) is 17.2. The molecule has 0 saturated heterocycles. The van der Waals surface area contributed by atoms with Crippen molar-refractivity contribution in [2.45, 2.75) is 90.9 Å². The first-order valence-electron chi connectivity index (χ1n) is 10.3. The molecule has 0 saturated carbocycles. The molecule has 0 bridgehead atoms. The van der Waals surface area contributed by atoms with Crippen LogP contribution in [0.2, 0.25) is 0 Å². The fourth-order valence-electron chi connectivity index (χ4n) is 3.71. The van der Waals surface area contributed by atoms with Gasteiger partial charge in [0.25, 0.3) is 5.91 Å². The van der Waals surface area contributed by atoms with E-state index in [-0.39, 0.29) is 5.91 Å². The normalized spacial score (nSPS) is 16.3. The van der Waals surface area contributed by atoms with Crippen molar-refractivity contribution < 1.29 is 9.59 Å². The molecule has 1 atom stereocenters. The maximum atomic E-state index is 12.3. The summed E-state index contributed by atoms with van der Waals surface area (Å²) >= 11 is 1.54. The Morgan fingerprint density at radius 2 is 1.77 bits per heavy atom. The summed E-state index contributed by atoms with van der Waals surface area (Å²) in [5, 5.41) is 3.63. The van der Waals surface area contributed by atoms with E-state index in [0.29, 0.717) is 22.9 Å². The van der Waals surface area contributed by atoms with Crippen molar-refractivity contribution in [2.75, 3.05) is 5.32 Å². The van der Waals surface area contributed by atoms with Crippen LogP contribution in [0.4, 0.5) is 5.00 Å². The third-order valence-corrected chi connectivity index (χ3v) is 6.44. The van der Waals surface area contributed by atoms with Gasteiger partial charge in [-0.15, -0.1) is 11.3 Å². The minimum Gasteiger partial charge on any atom is -0.365 e. The van der Waals surface area contributed by atoms with Gasteiger partial charge in [-0.1, -0.05) is 58.8 Å². The van der Waals surface area contributed by atoms with Crippen LogP contribution in [-0.2, 0) is 17.6 Å². The second-order valence-corrected chi connectivity index (χ2v) is 8.80. The van der Waals surface area contributed by atoms with Crippen LogP contribution in [0.15, 0.2) is 0 Å². The number of nitrogens with two attached hydrogens (primary N) is 1. The number of hydrogen-bond acceptors (Lipinski definition) is 3. The van der Waals surface area contributed by atoms with Crippen LogP contribution in [0.25, 0.3) is 0 Å². The molecule has 1 heterocycles. The van der Waals surface area contributed by atoms with Gasteiger partial charge in [0.15, 0.2) is 0 Å². The van der Waals surface area contributed by atoms with Crippen LogP contribution in [0.1, 0.15) is 98.9 Å². The minimum atomic E-state index is -0.417. The number of thiophene rings is 1. The van der Waals surface area contributed by atoms with Gasteiger partial charge in [-0.2, -0.15) is 0 Å². The van der Waals surface area contributed by atoms with Crippen molar-refractivity contribution in [3.8, 4) is 0 Å². The molecule has 0 aromatic carbocycles. The molecule has 0 spiro atoms. The molecule has 0 aliphatic heterocycles. The van der Waals surface area contributed by atoms with Gasteiger partial charge in [0, 0.05) is 11.3 Å². The van der Waals surface area contributed by atoms with E-state index in [2.05, 4.69) is 19.2 Å². The Hall–Kier alpha value is -1.36. The molecule has 0 radical (unpaired) electrons. The summed E-state index contributed by atoms with van der Waals surface area (Å²) in [4.78, 5) is 25.4. The van der Waals surface area contributed by atoms with Crippen LogP contribution in [0, 0.1) is 5.92 Å². The van der Waals surface area contributed by atoms with E-state index in [4.69, 9.17) is 5.73 Å². The molecule has 0 unspecified atom stereocenters. The lowest BCUT2D eigenvalue weighted by Gasteiger charge is -2.18. The van der Waals surface area contributed by atoms with E-state index >= 15 is 0 Å². The second kappa shape index (κ2) is 10.7. The Bertz CT molecular complexity index is 609. The Kier molecular flexibility index (Phi) is 8.63. The van der Waals surface area contributed by atoms with E-state index in [0.717, 1.165) is 37.7 Å². The number of primary amides is 1. The van der Waals surface area contributed by atoms with Crippen molar-refractivity contribution in [2.24, 2.45) is 11.7 Å². The smallest absolute Gasteiger partial charge is 0.251 e. The summed E-state index contributed by atoms with van der Waals surface area (Å²) < 4.78 is 0. The summed E-state index contributed by atoms with van der Waals surface area (Å²) in [6.45, 7) is 4.46. The summed E-state index contributed by atoms with van der Waals surface area (Å²) in [6.07, 6.45) is 13.2. The lowest BCUT2D eigenvalue weighted by Crippen LogP contribution is -2.19. The van der Waals surface area contributed by atoms with Crippen molar-refractivity contribution in [3.63, 3.8) is 0 Å². The first-order valence-corrected chi connectivity index (χ1v) is 11.1. The molecule has 2 rings (SSSR count). The average Bonchev–Trinajstić information content (AvgIpc) is 2.94. The zero-order valence-electron chi connectivity index (χ0n) is 16.4. The molecule has 4 nitrogen and oxygen atoms in total. The number of carbonyl (C=O) groups excluding carboxylic acids is 2. The highest BCUT2D eigenvalue weighted by Crippen LogP contribution is 2.39. The first kappa shape index (κ1) is 20.9. The van der Waals surface area contributed by atoms with E-state index in [9.17, 15) is 9.59 Å². The monoisotopic (exact) mass is 378 g/mol. The molecule has 146 valence electrons. The predicted molar refractivity (Wildman–Crippen MR) is 110 cm³/mol. The molecule has 5 heteroatoms. The van der Waals surface area contributed by atoms with Crippen LogP contribution in [0.3, 0.4) is 0 Å². The summed E-state index contributed by atoms with van der Waals surface area (Å²) in [6, 6.07) is 0. The van der Waals surface area contributed by atoms with Crippen molar-refractivity contribution >= 4 is 28.2 Å². The summed E-state index contributed by atoms with van der Waals surface area (Å²) in [7, 11) is 0. The number of anilines is 1. The molecule has 1 aromatic heterocycles. The highest BCUT2D eigenvalue weighted by molar-refractivity contribution is 7.17. The Balaban J connectivity index is 1.79. The molecule has 2 amide bonds. The lowest BCUT2D eigenvalue weighted by molar-refractivity contribution is -0.116. The number of carbonyl (C=O) groups is 2. The van der Waals surface area contributed by atoms with Crippen molar-refractivity contribution in [3.05, 3.63) is 16.0 Å². The van der Waals surface area contributed by atoms with Crippen LogP contribution in [0.5, 0.6) is 0 Å². The topological polar surface area (TPSA) is 72.2 Å². The third kappa shape index (κ3) is 6.11. The fraction of sp³-hybridized carbons (Fsp3) is 0.714. The number of hydrogen-bond donors (Lipinski definition) is 2. The quantitative estimate of drug-likeness (QED) is 0.503. The van der Waals surface area contributed by atoms with Gasteiger partial charge in [0.05, 0.1) is 5.56 Å². The maximum absolute atomic E-state index is 12.3. The van der Waals surface area contributed by atoms with Crippen molar-refractivity contribution in [1.29, 1.82) is 0 Å². The zero-order chi connectivity index (χ0) is 18.9. The Morgan fingerprint density at radius 1 is 1.12 bits per heavy atom. The number of rotatable bonds is 11. The molecule has 3 N–H and O–H groups in total. The standard InChI is InChI=1S/C21H34N2O2S/c1-3-4-5-6-7-8-9-10-11-18(24)23-21-19(20(22)25)16-13-12-15(2)14-17(16)26-21/h15H,3-14H2,1-2H3,(H2,22,25)(H,23,24)/t15-/m0/s1. The Labute approximate surface area is 161 Å². The predicted octanol–water partition coefficient (Wildman–Crippen LogP) is 5.44. The number of fused-ring (bicyclic) bond motifs is 1. The van der Waals surface area contributed by atoms with Crippen LogP contribution < -0.4 is 11.1 Å². The molecule has 26 heavy (non-hydrogen) atoms. The average molecular weight is 379 g/mol. The maximum Gasteiger partial charge on any atom is 0.251 e. The molecule has 1 aliphatic carbocycles. The molecule has 0 fully saturated rings. The minimum absolute atomic E-state index is 0.00475.